The molecule has 1 atom stereocenters. The van der Waals surface area contributed by atoms with Crippen LogP contribution in [0.2, 0.25) is 10.0 Å². The number of halogens is 2. The number of fused-ring (bicyclic) bond motifs is 1. The van der Waals surface area contributed by atoms with Crippen LogP contribution in [-0.2, 0) is 22.6 Å². The predicted octanol–water partition coefficient (Wildman–Crippen LogP) is 4.21. The van der Waals surface area contributed by atoms with Gasteiger partial charge in [-0.15, -0.1) is 0 Å². The van der Waals surface area contributed by atoms with E-state index in [9.17, 15) is 9.59 Å². The van der Waals surface area contributed by atoms with Crippen LogP contribution in [0.4, 0.5) is 0 Å². The van der Waals surface area contributed by atoms with Gasteiger partial charge in [-0.1, -0.05) is 35.3 Å². The SMILES string of the molecule is CCNC(=O)[C@@H](C)N(Cc1ccc(Cl)cc1Cl)C(=O)CCc1ccc2c(c1)OCO2. The summed E-state index contributed by atoms with van der Waals surface area (Å²) < 4.78 is 10.7. The van der Waals surface area contributed by atoms with Crippen molar-refractivity contribution in [2.24, 2.45) is 0 Å². The van der Waals surface area contributed by atoms with Crippen molar-refractivity contribution in [2.45, 2.75) is 39.3 Å². The average Bonchev–Trinajstić information content (AvgIpc) is 3.19. The molecule has 0 fully saturated rings. The van der Waals surface area contributed by atoms with E-state index < -0.39 is 6.04 Å². The number of nitrogens with one attached hydrogen (secondary N) is 1. The largest absolute Gasteiger partial charge is 0.454 e. The van der Waals surface area contributed by atoms with Gasteiger partial charge in [-0.05, 0) is 55.7 Å². The fourth-order valence-electron chi connectivity index (χ4n) is 3.23. The minimum absolute atomic E-state index is 0.141. The molecule has 6 nitrogen and oxygen atoms in total. The Kier molecular flexibility index (Phi) is 7.45. The first-order valence-electron chi connectivity index (χ1n) is 9.78. The second-order valence-corrected chi connectivity index (χ2v) is 7.86. The molecular weight excluding hydrogens is 427 g/mol. The van der Waals surface area contributed by atoms with E-state index >= 15 is 0 Å². The van der Waals surface area contributed by atoms with Gasteiger partial charge in [0.2, 0.25) is 18.6 Å². The summed E-state index contributed by atoms with van der Waals surface area (Å²) in [6.45, 7) is 4.47. The Morgan fingerprint density at radius 1 is 1.13 bits per heavy atom. The van der Waals surface area contributed by atoms with Crippen LogP contribution in [0.3, 0.4) is 0 Å². The summed E-state index contributed by atoms with van der Waals surface area (Å²) in [5.74, 6) is 1.03. The van der Waals surface area contributed by atoms with E-state index in [0.29, 0.717) is 34.5 Å². The van der Waals surface area contributed by atoms with Crippen LogP contribution in [0.15, 0.2) is 36.4 Å². The lowest BCUT2D eigenvalue weighted by Gasteiger charge is -2.29. The van der Waals surface area contributed by atoms with Gasteiger partial charge in [0, 0.05) is 29.6 Å². The first kappa shape index (κ1) is 22.2. The molecule has 0 unspecified atom stereocenters. The number of hydrogen-bond acceptors (Lipinski definition) is 4. The normalized spacial score (nSPS) is 13.1. The van der Waals surface area contributed by atoms with E-state index in [4.69, 9.17) is 32.7 Å². The highest BCUT2D eigenvalue weighted by atomic mass is 35.5. The molecule has 1 aliphatic heterocycles. The molecular formula is C22H24Cl2N2O4. The Morgan fingerprint density at radius 3 is 2.63 bits per heavy atom. The van der Waals surface area contributed by atoms with Gasteiger partial charge in [-0.2, -0.15) is 0 Å². The Morgan fingerprint density at radius 2 is 1.90 bits per heavy atom. The van der Waals surface area contributed by atoms with Gasteiger partial charge in [0.25, 0.3) is 0 Å². The van der Waals surface area contributed by atoms with Crippen molar-refractivity contribution in [3.05, 3.63) is 57.6 Å². The first-order chi connectivity index (χ1) is 14.4. The van der Waals surface area contributed by atoms with Crippen LogP contribution in [0, 0.1) is 0 Å². The molecule has 1 aliphatic rings. The van der Waals surface area contributed by atoms with Crippen LogP contribution in [0.1, 0.15) is 31.4 Å². The number of likely N-dealkylation sites (N-methyl/N-ethyl adjacent to an activating group) is 1. The Labute approximate surface area is 186 Å². The second kappa shape index (κ2) is 10.0. The van der Waals surface area contributed by atoms with Gasteiger partial charge >= 0.3 is 0 Å². The fraction of sp³-hybridized carbons (Fsp3) is 0.364. The topological polar surface area (TPSA) is 67.9 Å². The van der Waals surface area contributed by atoms with E-state index in [0.717, 1.165) is 11.1 Å². The minimum Gasteiger partial charge on any atom is -0.454 e. The lowest BCUT2D eigenvalue weighted by molar-refractivity contribution is -0.140. The molecule has 2 amide bonds. The molecule has 0 aliphatic carbocycles. The van der Waals surface area contributed by atoms with Crippen molar-refractivity contribution in [1.82, 2.24) is 10.2 Å². The number of carbonyl (C=O) groups is 2. The number of benzene rings is 2. The standard InChI is InChI=1S/C22H24Cl2N2O4/c1-3-25-22(28)14(2)26(12-16-6-7-17(23)11-18(16)24)21(27)9-5-15-4-8-19-20(10-15)30-13-29-19/h4,6-8,10-11,14H,3,5,9,12-13H2,1-2H3,(H,25,28)/t14-/m1/s1. The molecule has 8 heteroatoms. The molecule has 0 saturated carbocycles. The van der Waals surface area contributed by atoms with Gasteiger partial charge in [0.15, 0.2) is 11.5 Å². The average molecular weight is 451 g/mol. The van der Waals surface area contributed by atoms with Crippen LogP contribution in [0.5, 0.6) is 11.5 Å². The third-order valence-corrected chi connectivity index (χ3v) is 5.53. The maximum Gasteiger partial charge on any atom is 0.242 e. The maximum absolute atomic E-state index is 13.1. The van der Waals surface area contributed by atoms with Crippen molar-refractivity contribution in [2.75, 3.05) is 13.3 Å². The lowest BCUT2D eigenvalue weighted by Crippen LogP contribution is -2.47. The molecule has 160 valence electrons. The van der Waals surface area contributed by atoms with E-state index in [2.05, 4.69) is 5.32 Å². The van der Waals surface area contributed by atoms with Crippen LogP contribution < -0.4 is 14.8 Å². The summed E-state index contributed by atoms with van der Waals surface area (Å²) >= 11 is 12.3. The van der Waals surface area contributed by atoms with E-state index in [1.807, 2.05) is 25.1 Å². The molecule has 3 rings (SSSR count). The number of carbonyl (C=O) groups excluding carboxylic acids is 2. The molecule has 1 heterocycles. The third kappa shape index (κ3) is 5.37. The predicted molar refractivity (Wildman–Crippen MR) is 116 cm³/mol. The van der Waals surface area contributed by atoms with Crippen molar-refractivity contribution < 1.29 is 19.1 Å². The highest BCUT2D eigenvalue weighted by molar-refractivity contribution is 6.35. The summed E-state index contributed by atoms with van der Waals surface area (Å²) in [6.07, 6.45) is 0.761. The summed E-state index contributed by atoms with van der Waals surface area (Å²) in [4.78, 5) is 27.1. The van der Waals surface area contributed by atoms with Gasteiger partial charge in [0.1, 0.15) is 6.04 Å². The zero-order chi connectivity index (χ0) is 21.7. The number of hydrogen-bond donors (Lipinski definition) is 1. The molecule has 30 heavy (non-hydrogen) atoms. The van der Waals surface area contributed by atoms with Crippen molar-refractivity contribution in [3.8, 4) is 11.5 Å². The number of nitrogens with zero attached hydrogens (tertiary/aromatic N) is 1. The number of amides is 2. The number of aryl methyl sites for hydroxylation is 1. The van der Waals surface area contributed by atoms with Gasteiger partial charge < -0.3 is 19.7 Å². The highest BCUT2D eigenvalue weighted by Gasteiger charge is 2.26. The smallest absolute Gasteiger partial charge is 0.242 e. The molecule has 0 spiro atoms. The lowest BCUT2D eigenvalue weighted by atomic mass is 10.1. The fourth-order valence-corrected chi connectivity index (χ4v) is 3.70. The molecule has 2 aromatic rings. The molecule has 2 aromatic carbocycles. The van der Waals surface area contributed by atoms with Gasteiger partial charge in [-0.25, -0.2) is 0 Å². The van der Waals surface area contributed by atoms with E-state index in [1.165, 1.54) is 0 Å². The second-order valence-electron chi connectivity index (χ2n) is 7.02. The van der Waals surface area contributed by atoms with Gasteiger partial charge in [-0.3, -0.25) is 9.59 Å². The summed E-state index contributed by atoms with van der Waals surface area (Å²) in [7, 11) is 0. The van der Waals surface area contributed by atoms with Crippen LogP contribution >= 0.6 is 23.2 Å². The maximum atomic E-state index is 13.1. The Balaban J connectivity index is 1.74. The Bertz CT molecular complexity index is 935. The summed E-state index contributed by atoms with van der Waals surface area (Å²) in [5, 5.41) is 3.75. The minimum atomic E-state index is -0.638. The zero-order valence-electron chi connectivity index (χ0n) is 16.9. The zero-order valence-corrected chi connectivity index (χ0v) is 18.4. The molecule has 0 bridgehead atoms. The van der Waals surface area contributed by atoms with Crippen molar-refractivity contribution >= 4 is 35.0 Å². The summed E-state index contributed by atoms with van der Waals surface area (Å²) in [5.41, 5.74) is 1.69. The van der Waals surface area contributed by atoms with Crippen molar-refractivity contribution in [1.29, 1.82) is 0 Å². The van der Waals surface area contributed by atoms with Gasteiger partial charge in [0.05, 0.1) is 0 Å². The number of rotatable bonds is 8. The quantitative estimate of drug-likeness (QED) is 0.653. The summed E-state index contributed by atoms with van der Waals surface area (Å²) in [6, 6.07) is 10.1. The Hall–Kier alpha value is -2.44. The number of ether oxygens (including phenoxy) is 2. The van der Waals surface area contributed by atoms with Crippen LogP contribution in [0.25, 0.3) is 0 Å². The van der Waals surface area contributed by atoms with Crippen molar-refractivity contribution in [3.63, 3.8) is 0 Å². The molecule has 1 N–H and O–H groups in total. The molecule has 0 radical (unpaired) electrons. The monoisotopic (exact) mass is 450 g/mol. The third-order valence-electron chi connectivity index (χ3n) is 4.94. The first-order valence-corrected chi connectivity index (χ1v) is 10.5. The van der Waals surface area contributed by atoms with E-state index in [-0.39, 0.29) is 31.6 Å². The highest BCUT2D eigenvalue weighted by Crippen LogP contribution is 2.33. The van der Waals surface area contributed by atoms with E-state index in [1.54, 1.807) is 30.0 Å². The van der Waals surface area contributed by atoms with Crippen LogP contribution in [-0.4, -0.2) is 36.1 Å². The molecule has 0 aromatic heterocycles. The molecule has 0 saturated heterocycles.